The van der Waals surface area contributed by atoms with Crippen molar-refractivity contribution in [1.82, 2.24) is 24.7 Å². The van der Waals surface area contributed by atoms with Crippen LogP contribution < -0.4 is 10.6 Å². The molecule has 0 bridgehead atoms. The Balaban J connectivity index is 1.59. The number of nitrogens with zero attached hydrogens (tertiary/aromatic N) is 3. The Hall–Kier alpha value is -4.26. The van der Waals surface area contributed by atoms with Crippen molar-refractivity contribution in [2.75, 3.05) is 32.9 Å². The second kappa shape index (κ2) is 11.5. The number of nitrogens with one attached hydrogen (secondary N) is 2. The molecular formula is C28H29N5O6S. The first-order chi connectivity index (χ1) is 19.3. The smallest absolute Gasteiger partial charge is 0.338 e. The molecule has 2 aliphatic rings. The van der Waals surface area contributed by atoms with Crippen molar-refractivity contribution < 1.29 is 27.5 Å². The van der Waals surface area contributed by atoms with Gasteiger partial charge in [0, 0.05) is 36.1 Å². The van der Waals surface area contributed by atoms with Crippen LogP contribution in [-0.4, -0.2) is 67.4 Å². The van der Waals surface area contributed by atoms with Gasteiger partial charge in [0.25, 0.3) is 0 Å². The zero-order chi connectivity index (χ0) is 28.3. The van der Waals surface area contributed by atoms with Gasteiger partial charge in [0.05, 0.1) is 41.1 Å². The Bertz CT molecular complexity index is 1560. The highest BCUT2D eigenvalue weighted by Gasteiger charge is 2.35. The van der Waals surface area contributed by atoms with E-state index in [1.165, 1.54) is 22.5 Å². The number of aromatic nitrogens is 2. The molecule has 5 rings (SSSR count). The van der Waals surface area contributed by atoms with E-state index in [0.29, 0.717) is 48.8 Å². The number of urea groups is 1. The van der Waals surface area contributed by atoms with E-state index in [9.17, 15) is 18.0 Å². The molecule has 1 aromatic heterocycles. The fourth-order valence-electron chi connectivity index (χ4n) is 4.67. The SMILES string of the molecule is C=CCOC(=O)C1=C(C)NC(=O)NC1c1cn(-c2ccccc2)nc1-c1ccc(S(=O)(=O)N2CCOCC2)cc1. The quantitative estimate of drug-likeness (QED) is 0.318. The molecule has 11 nitrogen and oxygen atoms in total. The molecule has 0 saturated carbocycles. The van der Waals surface area contributed by atoms with Crippen molar-refractivity contribution in [3.8, 4) is 16.9 Å². The number of carbonyl (C=O) groups excluding carboxylic acids is 2. The highest BCUT2D eigenvalue weighted by Crippen LogP contribution is 2.35. The van der Waals surface area contributed by atoms with Crippen LogP contribution in [0.2, 0.25) is 0 Å². The van der Waals surface area contributed by atoms with Gasteiger partial charge in [0.1, 0.15) is 6.61 Å². The monoisotopic (exact) mass is 563 g/mol. The maximum Gasteiger partial charge on any atom is 0.338 e. The normalized spacial score (nSPS) is 18.1. The van der Waals surface area contributed by atoms with Gasteiger partial charge in [0.2, 0.25) is 10.0 Å². The third-order valence-corrected chi connectivity index (χ3v) is 8.54. The van der Waals surface area contributed by atoms with Crippen LogP contribution in [0.15, 0.2) is 89.6 Å². The van der Waals surface area contributed by atoms with Gasteiger partial charge in [-0.05, 0) is 31.2 Å². The molecular weight excluding hydrogens is 534 g/mol. The summed E-state index contributed by atoms with van der Waals surface area (Å²) < 4.78 is 40.0. The molecule has 3 aromatic rings. The van der Waals surface area contributed by atoms with Crippen LogP contribution in [0, 0.1) is 0 Å². The maximum atomic E-state index is 13.1. The van der Waals surface area contributed by atoms with Crippen molar-refractivity contribution in [2.24, 2.45) is 0 Å². The molecule has 0 aliphatic carbocycles. The Morgan fingerprint density at radius 2 is 1.85 bits per heavy atom. The largest absolute Gasteiger partial charge is 0.458 e. The lowest BCUT2D eigenvalue weighted by molar-refractivity contribution is -0.138. The third kappa shape index (κ3) is 5.41. The molecule has 2 aliphatic heterocycles. The number of sulfonamides is 1. The van der Waals surface area contributed by atoms with Crippen LogP contribution in [0.1, 0.15) is 18.5 Å². The van der Waals surface area contributed by atoms with Gasteiger partial charge >= 0.3 is 12.0 Å². The molecule has 1 unspecified atom stereocenters. The van der Waals surface area contributed by atoms with Gasteiger partial charge in [-0.3, -0.25) is 0 Å². The molecule has 1 atom stereocenters. The van der Waals surface area contributed by atoms with Gasteiger partial charge in [-0.1, -0.05) is 43.0 Å². The molecule has 2 amide bonds. The minimum atomic E-state index is -3.69. The van der Waals surface area contributed by atoms with Crippen molar-refractivity contribution in [1.29, 1.82) is 0 Å². The Labute approximate surface area is 232 Å². The molecule has 3 heterocycles. The summed E-state index contributed by atoms with van der Waals surface area (Å²) in [7, 11) is -3.69. The lowest BCUT2D eigenvalue weighted by atomic mass is 9.94. The number of benzene rings is 2. The third-order valence-electron chi connectivity index (χ3n) is 6.63. The number of hydrogen-bond donors (Lipinski definition) is 2. The standard InChI is InChI=1S/C28H29N5O6S/c1-3-15-39-27(34)24-19(2)29-28(35)30-26(24)23-18-33(21-7-5-4-6-8-21)31-25(23)20-9-11-22(12-10-20)40(36,37)32-13-16-38-17-14-32/h3-12,18,26H,1,13-17H2,2H3,(H2,29,30,35). The first kappa shape index (κ1) is 27.3. The Morgan fingerprint density at radius 1 is 1.15 bits per heavy atom. The summed E-state index contributed by atoms with van der Waals surface area (Å²) in [4.78, 5) is 25.8. The predicted octanol–water partition coefficient (Wildman–Crippen LogP) is 2.92. The Kier molecular flexibility index (Phi) is 7.83. The van der Waals surface area contributed by atoms with Gasteiger partial charge < -0.3 is 20.1 Å². The van der Waals surface area contributed by atoms with Crippen molar-refractivity contribution in [3.05, 3.63) is 90.3 Å². The van der Waals surface area contributed by atoms with Crippen LogP contribution in [-0.2, 0) is 24.3 Å². The summed E-state index contributed by atoms with van der Waals surface area (Å²) in [6.07, 6.45) is 3.20. The van der Waals surface area contributed by atoms with Crippen LogP contribution in [0.5, 0.6) is 0 Å². The second-order valence-electron chi connectivity index (χ2n) is 9.21. The zero-order valence-electron chi connectivity index (χ0n) is 21.9. The topological polar surface area (TPSA) is 132 Å². The van der Waals surface area contributed by atoms with E-state index in [4.69, 9.17) is 14.6 Å². The summed E-state index contributed by atoms with van der Waals surface area (Å²) in [5.41, 5.74) is 2.95. The molecule has 2 N–H and O–H groups in total. The van der Waals surface area contributed by atoms with Crippen LogP contribution in [0.25, 0.3) is 16.9 Å². The van der Waals surface area contributed by atoms with E-state index in [2.05, 4.69) is 17.2 Å². The minimum absolute atomic E-state index is 0.00545. The van der Waals surface area contributed by atoms with Crippen molar-refractivity contribution in [3.63, 3.8) is 0 Å². The van der Waals surface area contributed by atoms with E-state index < -0.39 is 28.1 Å². The number of rotatable bonds is 8. The zero-order valence-corrected chi connectivity index (χ0v) is 22.7. The van der Waals surface area contributed by atoms with Gasteiger partial charge in [-0.15, -0.1) is 0 Å². The minimum Gasteiger partial charge on any atom is -0.458 e. The van der Waals surface area contributed by atoms with E-state index >= 15 is 0 Å². The molecule has 12 heteroatoms. The van der Waals surface area contributed by atoms with Crippen LogP contribution >= 0.6 is 0 Å². The highest BCUT2D eigenvalue weighted by atomic mass is 32.2. The predicted molar refractivity (Wildman–Crippen MR) is 147 cm³/mol. The number of carbonyl (C=O) groups is 2. The number of esters is 1. The average Bonchev–Trinajstić information content (AvgIpc) is 3.42. The summed E-state index contributed by atoms with van der Waals surface area (Å²) >= 11 is 0. The number of allylic oxidation sites excluding steroid dienone is 1. The lowest BCUT2D eigenvalue weighted by Gasteiger charge is -2.28. The molecule has 1 fully saturated rings. The average molecular weight is 564 g/mol. The van der Waals surface area contributed by atoms with E-state index in [-0.39, 0.29) is 17.1 Å². The first-order valence-electron chi connectivity index (χ1n) is 12.7. The van der Waals surface area contributed by atoms with Crippen LogP contribution in [0.3, 0.4) is 0 Å². The van der Waals surface area contributed by atoms with Gasteiger partial charge in [0.15, 0.2) is 0 Å². The number of para-hydroxylation sites is 1. The molecule has 0 radical (unpaired) electrons. The molecule has 1 saturated heterocycles. The molecule has 0 spiro atoms. The van der Waals surface area contributed by atoms with E-state index in [1.54, 1.807) is 29.9 Å². The molecule has 2 aromatic carbocycles. The first-order valence-corrected chi connectivity index (χ1v) is 14.1. The van der Waals surface area contributed by atoms with Gasteiger partial charge in [-0.2, -0.15) is 9.40 Å². The van der Waals surface area contributed by atoms with Gasteiger partial charge in [-0.25, -0.2) is 22.7 Å². The number of ether oxygens (including phenoxy) is 2. The van der Waals surface area contributed by atoms with Crippen molar-refractivity contribution >= 4 is 22.0 Å². The highest BCUT2D eigenvalue weighted by molar-refractivity contribution is 7.89. The fourth-order valence-corrected chi connectivity index (χ4v) is 6.07. The number of morpholine rings is 1. The number of hydrogen-bond acceptors (Lipinski definition) is 7. The molecule has 208 valence electrons. The lowest BCUT2D eigenvalue weighted by Crippen LogP contribution is -2.45. The van der Waals surface area contributed by atoms with Crippen LogP contribution in [0.4, 0.5) is 4.79 Å². The molecule has 40 heavy (non-hydrogen) atoms. The summed E-state index contributed by atoms with van der Waals surface area (Å²) in [5.74, 6) is -0.611. The summed E-state index contributed by atoms with van der Waals surface area (Å²) in [6.45, 7) is 6.51. The summed E-state index contributed by atoms with van der Waals surface area (Å²) in [5, 5.41) is 10.2. The second-order valence-corrected chi connectivity index (χ2v) is 11.1. The number of amides is 2. The fraction of sp³-hybridized carbons (Fsp3) is 0.250. The van der Waals surface area contributed by atoms with E-state index in [0.717, 1.165) is 5.69 Å². The van der Waals surface area contributed by atoms with Crippen molar-refractivity contribution in [2.45, 2.75) is 17.9 Å². The maximum absolute atomic E-state index is 13.1. The van der Waals surface area contributed by atoms with E-state index in [1.807, 2.05) is 30.3 Å². The Morgan fingerprint density at radius 3 is 2.52 bits per heavy atom. The summed E-state index contributed by atoms with van der Waals surface area (Å²) in [6, 6.07) is 14.4.